The Hall–Kier alpha value is -3.93. The minimum atomic E-state index is -0.523. The van der Waals surface area contributed by atoms with Crippen molar-refractivity contribution in [3.8, 4) is 11.6 Å². The average Bonchev–Trinajstić information content (AvgIpc) is 3.49. The lowest BCUT2D eigenvalue weighted by Gasteiger charge is -2.34. The lowest BCUT2D eigenvalue weighted by atomic mass is 10.1. The summed E-state index contributed by atoms with van der Waals surface area (Å²) >= 11 is 12.1. The predicted octanol–water partition coefficient (Wildman–Crippen LogP) is 5.20. The molecule has 2 aromatic heterocycles. The molecule has 0 bridgehead atoms. The first-order chi connectivity index (χ1) is 20.0. The van der Waals surface area contributed by atoms with E-state index >= 15 is 0 Å². The topological polar surface area (TPSA) is 116 Å². The second-order valence-corrected chi connectivity index (χ2v) is 11.2. The van der Waals surface area contributed by atoms with E-state index < -0.39 is 6.04 Å². The first-order valence-electron chi connectivity index (χ1n) is 13.3. The van der Waals surface area contributed by atoms with Gasteiger partial charge in [-0.3, -0.25) is 9.59 Å². The van der Waals surface area contributed by atoms with Gasteiger partial charge in [-0.05, 0) is 68.7 Å². The number of aromatic nitrogens is 5. The third-order valence-electron chi connectivity index (χ3n) is 7.09. The second kappa shape index (κ2) is 12.1. The van der Waals surface area contributed by atoms with E-state index in [-0.39, 0.29) is 25.0 Å². The van der Waals surface area contributed by atoms with Crippen LogP contribution in [0.4, 0.5) is 5.69 Å². The first-order valence-corrected chi connectivity index (χ1v) is 14.1. The molecular formula is C29H31Cl2N7O4. The molecular weight excluding hydrogens is 581 g/mol. The van der Waals surface area contributed by atoms with Crippen LogP contribution in [0.25, 0.3) is 0 Å². The normalized spacial score (nSPS) is 15.1. The molecule has 1 aliphatic heterocycles. The van der Waals surface area contributed by atoms with Gasteiger partial charge in [-0.25, -0.2) is 9.36 Å². The second-order valence-electron chi connectivity index (χ2n) is 10.3. The minimum absolute atomic E-state index is 0.104. The molecule has 11 nitrogen and oxygen atoms in total. The molecule has 0 spiro atoms. The van der Waals surface area contributed by atoms with E-state index in [9.17, 15) is 9.59 Å². The number of hydrogen-bond donors (Lipinski definition) is 1. The van der Waals surface area contributed by atoms with Crippen molar-refractivity contribution in [1.82, 2.24) is 29.7 Å². The van der Waals surface area contributed by atoms with Gasteiger partial charge in [0, 0.05) is 29.3 Å². The zero-order valence-electron chi connectivity index (χ0n) is 23.9. The van der Waals surface area contributed by atoms with Gasteiger partial charge in [0.05, 0.1) is 25.1 Å². The number of morpholine rings is 1. The fourth-order valence-electron chi connectivity index (χ4n) is 4.96. The van der Waals surface area contributed by atoms with Gasteiger partial charge in [-0.1, -0.05) is 34.5 Å². The number of ether oxygens (including phenoxy) is 2. The Morgan fingerprint density at radius 1 is 1.10 bits per heavy atom. The average molecular weight is 613 g/mol. The fourth-order valence-corrected chi connectivity index (χ4v) is 5.49. The SMILES string of the molecule is Cc1cc(C)c(C)c(Oc2c(C(=O)N3CCOCC3c3cn(CC(=O)Nc4cc(Cl)cc(Cl)c4)nn3)c(C)nn2C)c1. The Bertz CT molecular complexity index is 1650. The van der Waals surface area contributed by atoms with Crippen LogP contribution in [-0.2, 0) is 23.1 Å². The van der Waals surface area contributed by atoms with Crippen molar-refractivity contribution in [2.45, 2.75) is 40.3 Å². The molecule has 1 saturated heterocycles. The third kappa shape index (κ3) is 6.28. The van der Waals surface area contributed by atoms with Gasteiger partial charge in [0.25, 0.3) is 5.91 Å². The maximum atomic E-state index is 14.1. The van der Waals surface area contributed by atoms with Crippen molar-refractivity contribution < 1.29 is 19.1 Å². The molecule has 5 rings (SSSR count). The number of halogens is 2. The maximum Gasteiger partial charge on any atom is 0.262 e. The van der Waals surface area contributed by atoms with Crippen LogP contribution in [0.5, 0.6) is 11.6 Å². The number of aryl methyl sites for hydroxylation is 4. The van der Waals surface area contributed by atoms with Gasteiger partial charge in [-0.2, -0.15) is 5.10 Å². The van der Waals surface area contributed by atoms with Gasteiger partial charge in [0.2, 0.25) is 11.8 Å². The summed E-state index contributed by atoms with van der Waals surface area (Å²) in [6.07, 6.45) is 1.64. The number of anilines is 1. The number of hydrogen-bond acceptors (Lipinski definition) is 7. The number of nitrogens with zero attached hydrogens (tertiary/aromatic N) is 6. The first kappa shape index (κ1) is 29.6. The number of rotatable bonds is 7. The maximum absolute atomic E-state index is 14.1. The van der Waals surface area contributed by atoms with E-state index in [0.717, 1.165) is 16.7 Å². The Morgan fingerprint density at radius 3 is 2.57 bits per heavy atom. The van der Waals surface area contributed by atoms with Gasteiger partial charge < -0.3 is 19.7 Å². The van der Waals surface area contributed by atoms with E-state index in [2.05, 4.69) is 26.8 Å². The molecule has 1 aliphatic rings. The van der Waals surface area contributed by atoms with Gasteiger partial charge in [0.15, 0.2) is 0 Å². The van der Waals surface area contributed by atoms with Gasteiger partial charge in [-0.15, -0.1) is 5.10 Å². The monoisotopic (exact) mass is 611 g/mol. The number of carbonyl (C=O) groups is 2. The zero-order valence-corrected chi connectivity index (χ0v) is 25.5. The van der Waals surface area contributed by atoms with Crippen LogP contribution in [0.1, 0.15) is 44.5 Å². The highest BCUT2D eigenvalue weighted by Gasteiger charge is 2.35. The van der Waals surface area contributed by atoms with Crippen LogP contribution >= 0.6 is 23.2 Å². The summed E-state index contributed by atoms with van der Waals surface area (Å²) in [4.78, 5) is 28.4. The van der Waals surface area contributed by atoms with Crippen molar-refractivity contribution >= 4 is 40.7 Å². The number of amides is 2. The highest BCUT2D eigenvalue weighted by atomic mass is 35.5. The molecule has 1 unspecified atom stereocenters. The summed E-state index contributed by atoms with van der Waals surface area (Å²) in [5.41, 5.74) is 5.02. The van der Waals surface area contributed by atoms with Crippen LogP contribution in [0.15, 0.2) is 36.5 Å². The molecule has 2 amide bonds. The van der Waals surface area contributed by atoms with Crippen molar-refractivity contribution in [3.63, 3.8) is 0 Å². The molecule has 3 heterocycles. The largest absolute Gasteiger partial charge is 0.438 e. The van der Waals surface area contributed by atoms with E-state index in [0.29, 0.717) is 57.5 Å². The van der Waals surface area contributed by atoms with Crippen molar-refractivity contribution in [3.05, 3.63) is 80.2 Å². The van der Waals surface area contributed by atoms with Crippen molar-refractivity contribution in [1.29, 1.82) is 0 Å². The smallest absolute Gasteiger partial charge is 0.262 e. The molecule has 42 heavy (non-hydrogen) atoms. The zero-order chi connectivity index (χ0) is 30.1. The van der Waals surface area contributed by atoms with Crippen LogP contribution in [0.2, 0.25) is 10.0 Å². The Morgan fingerprint density at radius 2 is 1.83 bits per heavy atom. The molecule has 4 aromatic rings. The molecule has 1 atom stereocenters. The quantitative estimate of drug-likeness (QED) is 0.305. The molecule has 1 fully saturated rings. The van der Waals surface area contributed by atoms with Crippen molar-refractivity contribution in [2.75, 3.05) is 25.1 Å². The van der Waals surface area contributed by atoms with Crippen LogP contribution in [-0.4, -0.2) is 61.2 Å². The molecule has 1 N–H and O–H groups in total. The third-order valence-corrected chi connectivity index (χ3v) is 7.53. The standard InChI is InChI=1S/C29H31Cl2N7O4/c1-16-8-17(2)18(3)25(9-16)42-29-27(19(4)34-36(29)5)28(40)38-6-7-41-15-24(38)23-13-37(35-33-23)14-26(39)32-22-11-20(30)10-21(31)12-22/h8-13,24H,6-7,14-15H2,1-5H3,(H,32,39). The summed E-state index contributed by atoms with van der Waals surface area (Å²) in [5, 5.41) is 16.4. The minimum Gasteiger partial charge on any atom is -0.438 e. The van der Waals surface area contributed by atoms with Crippen molar-refractivity contribution in [2.24, 2.45) is 7.05 Å². The van der Waals surface area contributed by atoms with Gasteiger partial charge >= 0.3 is 0 Å². The highest BCUT2D eigenvalue weighted by molar-refractivity contribution is 6.35. The summed E-state index contributed by atoms with van der Waals surface area (Å²) in [6, 6.07) is 8.29. The van der Waals surface area contributed by atoms with Crippen LogP contribution in [0, 0.1) is 27.7 Å². The van der Waals surface area contributed by atoms with E-state index in [1.54, 1.807) is 47.9 Å². The lowest BCUT2D eigenvalue weighted by Crippen LogP contribution is -2.43. The summed E-state index contributed by atoms with van der Waals surface area (Å²) in [6.45, 7) is 8.62. The van der Waals surface area contributed by atoms with E-state index in [1.165, 1.54) is 4.68 Å². The number of benzene rings is 2. The Labute approximate surface area is 253 Å². The highest BCUT2D eigenvalue weighted by Crippen LogP contribution is 2.34. The van der Waals surface area contributed by atoms with E-state index in [4.69, 9.17) is 32.7 Å². The Kier molecular flexibility index (Phi) is 8.53. The molecule has 0 radical (unpaired) electrons. The predicted molar refractivity (Wildman–Crippen MR) is 158 cm³/mol. The summed E-state index contributed by atoms with van der Waals surface area (Å²) < 4.78 is 15.1. The van der Waals surface area contributed by atoms with E-state index in [1.807, 2.05) is 26.8 Å². The molecule has 13 heteroatoms. The number of carbonyl (C=O) groups excluding carboxylic acids is 2. The molecule has 0 aliphatic carbocycles. The fraction of sp³-hybridized carbons (Fsp3) is 0.345. The van der Waals surface area contributed by atoms with Crippen LogP contribution in [0.3, 0.4) is 0 Å². The molecule has 2 aromatic carbocycles. The van der Waals surface area contributed by atoms with Gasteiger partial charge in [0.1, 0.15) is 29.6 Å². The molecule has 220 valence electrons. The Balaban J connectivity index is 1.36. The van der Waals surface area contributed by atoms with Crippen LogP contribution < -0.4 is 10.1 Å². The number of nitrogens with one attached hydrogen (secondary N) is 1. The summed E-state index contributed by atoms with van der Waals surface area (Å²) in [5.74, 6) is 0.435. The summed E-state index contributed by atoms with van der Waals surface area (Å²) in [7, 11) is 1.75. The molecule has 0 saturated carbocycles. The lowest BCUT2D eigenvalue weighted by molar-refractivity contribution is -0.116.